The van der Waals surface area contributed by atoms with Crippen molar-refractivity contribution < 1.29 is 19.4 Å². The third-order valence-electron chi connectivity index (χ3n) is 10.9. The van der Waals surface area contributed by atoms with Crippen LogP contribution >= 0.6 is 0 Å². The summed E-state index contributed by atoms with van der Waals surface area (Å²) in [5.41, 5.74) is -0.281. The number of rotatable bonds is 6. The largest absolute Gasteiger partial charge is 0.466 e. The molecule has 176 valence electrons. The van der Waals surface area contributed by atoms with Crippen LogP contribution in [0.1, 0.15) is 105 Å². The van der Waals surface area contributed by atoms with E-state index < -0.39 is 5.60 Å². The second-order valence-electron chi connectivity index (χ2n) is 11.9. The van der Waals surface area contributed by atoms with Crippen molar-refractivity contribution in [3.8, 4) is 0 Å². The lowest BCUT2D eigenvalue weighted by molar-refractivity contribution is -0.169. The Morgan fingerprint density at radius 2 is 1.81 bits per heavy atom. The molecule has 8 atom stereocenters. The fraction of sp³-hybridized carbons (Fsp3) is 0.926. The van der Waals surface area contributed by atoms with Gasteiger partial charge < -0.3 is 9.84 Å². The molecule has 0 aliphatic heterocycles. The molecule has 4 rings (SSSR count). The van der Waals surface area contributed by atoms with Crippen molar-refractivity contribution in [3.05, 3.63) is 0 Å². The van der Waals surface area contributed by atoms with E-state index in [4.69, 9.17) is 4.74 Å². The zero-order chi connectivity index (χ0) is 22.4. The number of carbonyl (C=O) groups is 2. The molecule has 0 aromatic heterocycles. The summed E-state index contributed by atoms with van der Waals surface area (Å²) >= 11 is 0. The lowest BCUT2D eigenvalue weighted by Crippen LogP contribution is -2.58. The minimum Gasteiger partial charge on any atom is -0.466 e. The van der Waals surface area contributed by atoms with Crippen molar-refractivity contribution in [2.45, 2.75) is 110 Å². The van der Waals surface area contributed by atoms with E-state index in [-0.39, 0.29) is 11.4 Å². The molecule has 0 heterocycles. The normalized spacial score (nSPS) is 46.7. The molecule has 0 amide bonds. The van der Waals surface area contributed by atoms with Crippen molar-refractivity contribution in [1.29, 1.82) is 0 Å². The molecule has 0 bridgehead atoms. The summed E-state index contributed by atoms with van der Waals surface area (Å²) in [6.45, 7) is 9.51. The van der Waals surface area contributed by atoms with Gasteiger partial charge in [-0.3, -0.25) is 9.59 Å². The molecule has 0 spiro atoms. The summed E-state index contributed by atoms with van der Waals surface area (Å²) < 4.78 is 5.23. The predicted octanol–water partition coefficient (Wildman–Crippen LogP) is 5.70. The first-order chi connectivity index (χ1) is 14.7. The Hall–Kier alpha value is -0.900. The van der Waals surface area contributed by atoms with Gasteiger partial charge in [-0.25, -0.2) is 0 Å². The first kappa shape index (κ1) is 23.3. The van der Waals surface area contributed by atoms with Gasteiger partial charge in [0.15, 0.2) is 0 Å². The first-order valence-electron chi connectivity index (χ1n) is 13.1. The van der Waals surface area contributed by atoms with E-state index in [1.54, 1.807) is 0 Å². The average Bonchev–Trinajstić information content (AvgIpc) is 3.00. The predicted molar refractivity (Wildman–Crippen MR) is 121 cm³/mol. The van der Waals surface area contributed by atoms with Gasteiger partial charge in [0.1, 0.15) is 5.78 Å². The third kappa shape index (κ3) is 3.69. The summed E-state index contributed by atoms with van der Waals surface area (Å²) in [6, 6.07) is 0. The van der Waals surface area contributed by atoms with Crippen LogP contribution in [-0.2, 0) is 14.3 Å². The van der Waals surface area contributed by atoms with E-state index in [2.05, 4.69) is 20.8 Å². The summed E-state index contributed by atoms with van der Waals surface area (Å²) in [6.07, 6.45) is 11.4. The first-order valence-corrected chi connectivity index (χ1v) is 13.1. The Morgan fingerprint density at radius 1 is 1.06 bits per heavy atom. The maximum absolute atomic E-state index is 12.3. The molecule has 4 aliphatic carbocycles. The average molecular weight is 433 g/mol. The van der Waals surface area contributed by atoms with Gasteiger partial charge >= 0.3 is 5.97 Å². The zero-order valence-electron chi connectivity index (χ0n) is 20.3. The van der Waals surface area contributed by atoms with E-state index in [0.29, 0.717) is 53.8 Å². The van der Waals surface area contributed by atoms with Gasteiger partial charge in [0.25, 0.3) is 0 Å². The van der Waals surface area contributed by atoms with Crippen molar-refractivity contribution in [2.75, 3.05) is 6.61 Å². The number of hydrogen-bond donors (Lipinski definition) is 1. The van der Waals surface area contributed by atoms with Gasteiger partial charge in [-0.2, -0.15) is 0 Å². The molecule has 0 aromatic rings. The quantitative estimate of drug-likeness (QED) is 0.432. The highest BCUT2D eigenvalue weighted by atomic mass is 16.5. The van der Waals surface area contributed by atoms with Crippen molar-refractivity contribution >= 4 is 11.8 Å². The molecule has 4 nitrogen and oxygen atoms in total. The Balaban J connectivity index is 1.44. The van der Waals surface area contributed by atoms with Crippen LogP contribution in [0.5, 0.6) is 0 Å². The molecule has 0 unspecified atom stereocenters. The second-order valence-corrected chi connectivity index (χ2v) is 11.9. The smallest absolute Gasteiger partial charge is 0.305 e. The molecule has 4 saturated carbocycles. The van der Waals surface area contributed by atoms with E-state index >= 15 is 0 Å². The lowest BCUT2D eigenvalue weighted by Gasteiger charge is -2.62. The number of fused-ring (bicyclic) bond motifs is 5. The van der Waals surface area contributed by atoms with Gasteiger partial charge in [-0.15, -0.1) is 0 Å². The molecule has 0 radical (unpaired) electrons. The number of ketones is 1. The molecule has 4 aliphatic rings. The monoisotopic (exact) mass is 432 g/mol. The maximum Gasteiger partial charge on any atom is 0.305 e. The topological polar surface area (TPSA) is 63.6 Å². The van der Waals surface area contributed by atoms with Crippen LogP contribution in [0.2, 0.25) is 0 Å². The summed E-state index contributed by atoms with van der Waals surface area (Å²) in [4.78, 5) is 23.6. The van der Waals surface area contributed by atoms with Crippen LogP contribution in [0.4, 0.5) is 0 Å². The molecular weight excluding hydrogens is 388 g/mol. The second kappa shape index (κ2) is 8.47. The van der Waals surface area contributed by atoms with Gasteiger partial charge in [-0.05, 0) is 98.2 Å². The molecule has 31 heavy (non-hydrogen) atoms. The number of hydrogen-bond acceptors (Lipinski definition) is 4. The molecule has 4 heteroatoms. The van der Waals surface area contributed by atoms with Gasteiger partial charge in [0.2, 0.25) is 0 Å². The fourth-order valence-corrected chi connectivity index (χ4v) is 8.81. The third-order valence-corrected chi connectivity index (χ3v) is 10.9. The lowest BCUT2D eigenvalue weighted by atomic mass is 9.42. The SMILES string of the molecule is CCC(=O)OCCCC[C@]1(O)CC[C@H]2[C@@H]3CC[C@H]4CC(=O)C[C@H](C)[C@]4(C)[C@H]3CC[C@@]21C. The van der Waals surface area contributed by atoms with E-state index in [1.165, 1.54) is 19.3 Å². The van der Waals surface area contributed by atoms with Crippen LogP contribution in [0, 0.1) is 40.4 Å². The standard InChI is InChI=1S/C27H44O4/c1-5-24(29)31-15-7-6-12-27(30)14-11-22-21-9-8-19-17-20(28)16-18(2)26(19,4)23(21)10-13-25(22,27)3/h18-19,21-23,30H,5-17H2,1-4H3/t18-,19-,21-,22-,23-,25-,26-,27-/m0/s1. The Kier molecular flexibility index (Phi) is 6.35. The number of esters is 1. The Labute approximate surface area is 188 Å². The molecule has 0 saturated heterocycles. The highest BCUT2D eigenvalue weighted by Gasteiger charge is 2.65. The number of Topliss-reactive ketones (excluding diaryl/α,β-unsaturated/α-hetero) is 1. The Morgan fingerprint density at radius 3 is 2.55 bits per heavy atom. The molecule has 1 N–H and O–H groups in total. The van der Waals surface area contributed by atoms with Crippen molar-refractivity contribution in [1.82, 2.24) is 0 Å². The van der Waals surface area contributed by atoms with E-state index in [9.17, 15) is 14.7 Å². The van der Waals surface area contributed by atoms with Gasteiger partial charge in [0.05, 0.1) is 12.2 Å². The van der Waals surface area contributed by atoms with Crippen molar-refractivity contribution in [3.63, 3.8) is 0 Å². The van der Waals surface area contributed by atoms with E-state index in [0.717, 1.165) is 51.4 Å². The summed E-state index contributed by atoms with van der Waals surface area (Å²) in [5.74, 6) is 3.43. The van der Waals surface area contributed by atoms with Gasteiger partial charge in [-0.1, -0.05) is 27.7 Å². The minimum atomic E-state index is -0.580. The maximum atomic E-state index is 12.3. The van der Waals surface area contributed by atoms with Crippen molar-refractivity contribution in [2.24, 2.45) is 40.4 Å². The minimum absolute atomic E-state index is 0.00514. The van der Waals surface area contributed by atoms with Gasteiger partial charge in [0, 0.05) is 19.3 Å². The van der Waals surface area contributed by atoms with Crippen LogP contribution in [0.3, 0.4) is 0 Å². The summed E-state index contributed by atoms with van der Waals surface area (Å²) in [7, 11) is 0. The highest BCUT2D eigenvalue weighted by Crippen LogP contribution is 2.69. The fourth-order valence-electron chi connectivity index (χ4n) is 8.81. The molecule has 4 fully saturated rings. The number of ether oxygens (including phenoxy) is 1. The van der Waals surface area contributed by atoms with Crippen LogP contribution in [0.25, 0.3) is 0 Å². The van der Waals surface area contributed by atoms with Crippen LogP contribution < -0.4 is 0 Å². The summed E-state index contributed by atoms with van der Waals surface area (Å²) in [5, 5.41) is 11.8. The number of carbonyl (C=O) groups excluding carboxylic acids is 2. The molecule has 0 aromatic carbocycles. The number of aliphatic hydroxyl groups is 1. The highest BCUT2D eigenvalue weighted by molar-refractivity contribution is 5.80. The van der Waals surface area contributed by atoms with Crippen LogP contribution in [0.15, 0.2) is 0 Å². The number of unbranched alkanes of at least 4 members (excludes halogenated alkanes) is 1. The van der Waals surface area contributed by atoms with E-state index in [1.807, 2.05) is 6.92 Å². The Bertz CT molecular complexity index is 703. The zero-order valence-corrected chi connectivity index (χ0v) is 20.3. The van der Waals surface area contributed by atoms with Crippen LogP contribution in [-0.4, -0.2) is 29.1 Å². The molecular formula is C27H44O4.